The molecule has 90 valence electrons. The first kappa shape index (κ1) is 14.4. The maximum atomic E-state index is 11.4. The van der Waals surface area contributed by atoms with Crippen molar-refractivity contribution in [2.24, 2.45) is 5.92 Å². The third kappa shape index (κ3) is 8.43. The van der Waals surface area contributed by atoms with E-state index in [1.54, 1.807) is 0 Å². The van der Waals surface area contributed by atoms with Crippen molar-refractivity contribution in [1.82, 2.24) is 10.6 Å². The molecule has 0 aromatic carbocycles. The standard InChI is InChI=1S/C12H26N2O/c1-5-7-11(6-2)13-9-12(15)14-8-10(3)4/h10-11,13H,5-9H2,1-4H3,(H,14,15). The van der Waals surface area contributed by atoms with Crippen LogP contribution in [0.15, 0.2) is 0 Å². The van der Waals surface area contributed by atoms with Gasteiger partial charge in [-0.15, -0.1) is 0 Å². The molecule has 0 aromatic heterocycles. The minimum atomic E-state index is 0.109. The molecule has 0 radical (unpaired) electrons. The highest BCUT2D eigenvalue weighted by Gasteiger charge is 2.07. The van der Waals surface area contributed by atoms with Gasteiger partial charge < -0.3 is 10.6 Å². The largest absolute Gasteiger partial charge is 0.355 e. The minimum Gasteiger partial charge on any atom is -0.355 e. The van der Waals surface area contributed by atoms with Gasteiger partial charge in [0.05, 0.1) is 6.54 Å². The Kier molecular flexibility index (Phi) is 8.38. The SMILES string of the molecule is CCCC(CC)NCC(=O)NCC(C)C. The van der Waals surface area contributed by atoms with Crippen molar-refractivity contribution in [1.29, 1.82) is 0 Å². The highest BCUT2D eigenvalue weighted by molar-refractivity contribution is 5.77. The summed E-state index contributed by atoms with van der Waals surface area (Å²) in [6.45, 7) is 9.73. The Balaban J connectivity index is 3.59. The third-order valence-corrected chi connectivity index (χ3v) is 2.39. The number of amides is 1. The van der Waals surface area contributed by atoms with E-state index in [-0.39, 0.29) is 5.91 Å². The molecule has 1 unspecified atom stereocenters. The molecule has 1 amide bonds. The lowest BCUT2D eigenvalue weighted by molar-refractivity contribution is -0.120. The number of carbonyl (C=O) groups is 1. The van der Waals surface area contributed by atoms with Gasteiger partial charge >= 0.3 is 0 Å². The zero-order chi connectivity index (χ0) is 11.7. The van der Waals surface area contributed by atoms with Crippen LogP contribution in [0.5, 0.6) is 0 Å². The number of hydrogen-bond acceptors (Lipinski definition) is 2. The zero-order valence-electron chi connectivity index (χ0n) is 10.6. The van der Waals surface area contributed by atoms with Crippen LogP contribution in [-0.2, 0) is 4.79 Å². The van der Waals surface area contributed by atoms with Gasteiger partial charge in [-0.3, -0.25) is 4.79 Å². The molecule has 0 rings (SSSR count). The maximum absolute atomic E-state index is 11.4. The van der Waals surface area contributed by atoms with Crippen LogP contribution in [0.25, 0.3) is 0 Å². The van der Waals surface area contributed by atoms with Crippen LogP contribution in [0.4, 0.5) is 0 Å². The van der Waals surface area contributed by atoms with Crippen LogP contribution in [0.1, 0.15) is 47.0 Å². The predicted molar refractivity (Wildman–Crippen MR) is 64.8 cm³/mol. The molecule has 0 aliphatic carbocycles. The van der Waals surface area contributed by atoms with E-state index in [2.05, 4.69) is 38.3 Å². The zero-order valence-corrected chi connectivity index (χ0v) is 10.6. The summed E-state index contributed by atoms with van der Waals surface area (Å²) in [5.74, 6) is 0.629. The van der Waals surface area contributed by atoms with Gasteiger partial charge in [0.15, 0.2) is 0 Å². The normalized spacial score (nSPS) is 12.9. The summed E-state index contributed by atoms with van der Waals surface area (Å²) in [4.78, 5) is 11.4. The predicted octanol–water partition coefficient (Wildman–Crippen LogP) is 1.93. The second-order valence-electron chi connectivity index (χ2n) is 4.47. The Morgan fingerprint density at radius 2 is 1.93 bits per heavy atom. The number of hydrogen-bond donors (Lipinski definition) is 2. The van der Waals surface area contributed by atoms with Crippen LogP contribution in [0, 0.1) is 5.92 Å². The molecule has 0 fully saturated rings. The first-order valence-corrected chi connectivity index (χ1v) is 6.10. The highest BCUT2D eigenvalue weighted by atomic mass is 16.1. The van der Waals surface area contributed by atoms with Gasteiger partial charge in [-0.2, -0.15) is 0 Å². The molecule has 0 saturated carbocycles. The van der Waals surface area contributed by atoms with Crippen molar-refractivity contribution >= 4 is 5.91 Å². The van der Waals surface area contributed by atoms with Crippen molar-refractivity contribution in [2.75, 3.05) is 13.1 Å². The van der Waals surface area contributed by atoms with Crippen molar-refractivity contribution in [3.63, 3.8) is 0 Å². The van der Waals surface area contributed by atoms with Crippen molar-refractivity contribution in [3.05, 3.63) is 0 Å². The lowest BCUT2D eigenvalue weighted by Crippen LogP contribution is -2.40. The fraction of sp³-hybridized carbons (Fsp3) is 0.917. The van der Waals surface area contributed by atoms with E-state index in [4.69, 9.17) is 0 Å². The van der Waals surface area contributed by atoms with Gasteiger partial charge in [0.1, 0.15) is 0 Å². The van der Waals surface area contributed by atoms with Crippen molar-refractivity contribution in [3.8, 4) is 0 Å². The Morgan fingerprint density at radius 1 is 1.27 bits per heavy atom. The highest BCUT2D eigenvalue weighted by Crippen LogP contribution is 1.99. The fourth-order valence-electron chi connectivity index (χ4n) is 1.42. The summed E-state index contributed by atoms with van der Waals surface area (Å²) in [7, 11) is 0. The summed E-state index contributed by atoms with van der Waals surface area (Å²) < 4.78 is 0. The van der Waals surface area contributed by atoms with E-state index in [9.17, 15) is 4.79 Å². The molecule has 0 heterocycles. The van der Waals surface area contributed by atoms with Gasteiger partial charge in [-0.1, -0.05) is 34.1 Å². The molecule has 0 aliphatic heterocycles. The lowest BCUT2D eigenvalue weighted by Gasteiger charge is -2.16. The van der Waals surface area contributed by atoms with Crippen molar-refractivity contribution in [2.45, 2.75) is 53.0 Å². The van der Waals surface area contributed by atoms with E-state index in [0.29, 0.717) is 18.5 Å². The monoisotopic (exact) mass is 214 g/mol. The quantitative estimate of drug-likeness (QED) is 0.648. The smallest absolute Gasteiger partial charge is 0.233 e. The van der Waals surface area contributed by atoms with Gasteiger partial charge in [-0.05, 0) is 18.8 Å². The molecule has 1 atom stereocenters. The topological polar surface area (TPSA) is 41.1 Å². The number of nitrogens with one attached hydrogen (secondary N) is 2. The first-order valence-electron chi connectivity index (χ1n) is 6.10. The average Bonchev–Trinajstić information content (AvgIpc) is 2.21. The van der Waals surface area contributed by atoms with E-state index in [1.165, 1.54) is 6.42 Å². The minimum absolute atomic E-state index is 0.109. The fourth-order valence-corrected chi connectivity index (χ4v) is 1.42. The maximum Gasteiger partial charge on any atom is 0.233 e. The van der Waals surface area contributed by atoms with E-state index < -0.39 is 0 Å². The van der Waals surface area contributed by atoms with Gasteiger partial charge in [0.25, 0.3) is 0 Å². The summed E-state index contributed by atoms with van der Waals surface area (Å²) in [6.07, 6.45) is 3.40. The second kappa shape index (κ2) is 8.72. The van der Waals surface area contributed by atoms with Crippen LogP contribution in [0.2, 0.25) is 0 Å². The molecule has 0 aliphatic rings. The Bertz CT molecular complexity index is 169. The summed E-state index contributed by atoms with van der Waals surface area (Å²) in [5, 5.41) is 6.18. The van der Waals surface area contributed by atoms with Crippen LogP contribution in [-0.4, -0.2) is 25.0 Å². The molecule has 3 heteroatoms. The Labute approximate surface area is 94.0 Å². The number of carbonyl (C=O) groups excluding carboxylic acids is 1. The van der Waals surface area contributed by atoms with Crippen LogP contribution < -0.4 is 10.6 Å². The molecule has 0 aromatic rings. The number of rotatable bonds is 8. The summed E-state index contributed by atoms with van der Waals surface area (Å²) in [5.41, 5.74) is 0. The summed E-state index contributed by atoms with van der Waals surface area (Å²) >= 11 is 0. The molecule has 3 nitrogen and oxygen atoms in total. The Hall–Kier alpha value is -0.570. The Morgan fingerprint density at radius 3 is 2.40 bits per heavy atom. The molecule has 15 heavy (non-hydrogen) atoms. The molecular formula is C12H26N2O. The van der Waals surface area contributed by atoms with Crippen LogP contribution in [0.3, 0.4) is 0 Å². The van der Waals surface area contributed by atoms with Crippen LogP contribution >= 0.6 is 0 Å². The van der Waals surface area contributed by atoms with E-state index >= 15 is 0 Å². The van der Waals surface area contributed by atoms with E-state index in [1.807, 2.05) is 0 Å². The van der Waals surface area contributed by atoms with Crippen molar-refractivity contribution < 1.29 is 4.79 Å². The molecular weight excluding hydrogens is 188 g/mol. The lowest BCUT2D eigenvalue weighted by atomic mass is 10.1. The molecule has 0 spiro atoms. The van der Waals surface area contributed by atoms with Gasteiger partial charge in [0, 0.05) is 12.6 Å². The summed E-state index contributed by atoms with van der Waals surface area (Å²) in [6, 6.07) is 0.486. The second-order valence-corrected chi connectivity index (χ2v) is 4.47. The molecule has 0 bridgehead atoms. The van der Waals surface area contributed by atoms with Gasteiger partial charge in [-0.25, -0.2) is 0 Å². The first-order chi connectivity index (χ1) is 7.10. The average molecular weight is 214 g/mol. The van der Waals surface area contributed by atoms with Gasteiger partial charge in [0.2, 0.25) is 5.91 Å². The molecule has 2 N–H and O–H groups in total. The molecule has 0 saturated heterocycles. The third-order valence-electron chi connectivity index (χ3n) is 2.39. The van der Waals surface area contributed by atoms with E-state index in [0.717, 1.165) is 19.4 Å².